The molecule has 1 atom stereocenters. The molecule has 6 rings (SSSR count). The van der Waals surface area contributed by atoms with Gasteiger partial charge in [-0.25, -0.2) is 9.78 Å². The van der Waals surface area contributed by atoms with Crippen molar-refractivity contribution in [1.82, 2.24) is 19.7 Å². The second kappa shape index (κ2) is 11.2. The van der Waals surface area contributed by atoms with Gasteiger partial charge in [-0.1, -0.05) is 29.8 Å². The molecule has 0 spiro atoms. The molecule has 0 aliphatic heterocycles. The first-order valence-electron chi connectivity index (χ1n) is 13.8. The number of carbonyl (C=O) groups is 1. The summed E-state index contributed by atoms with van der Waals surface area (Å²) < 4.78 is 46.8. The minimum atomic E-state index is -4.62. The summed E-state index contributed by atoms with van der Waals surface area (Å²) in [5.41, 5.74) is 4.52. The first kappa shape index (κ1) is 30.7. The van der Waals surface area contributed by atoms with E-state index < -0.39 is 24.0 Å². The van der Waals surface area contributed by atoms with Crippen molar-refractivity contribution in [2.45, 2.75) is 45.7 Å². The van der Waals surface area contributed by atoms with Gasteiger partial charge in [-0.2, -0.15) is 9.78 Å². The summed E-state index contributed by atoms with van der Waals surface area (Å²) in [4.78, 5) is 22.0. The van der Waals surface area contributed by atoms with Crippen LogP contribution >= 0.6 is 22.9 Å². The van der Waals surface area contributed by atoms with Crippen LogP contribution in [0, 0.1) is 6.92 Å². The molecule has 3 aromatic carbocycles. The average Bonchev–Trinajstić information content (AvgIpc) is 3.59. The first-order chi connectivity index (χ1) is 21.2. The van der Waals surface area contributed by atoms with E-state index in [0.717, 1.165) is 15.8 Å². The SMILES string of the molecule is Cc1cc2nc(-c3ccnc(-c4ccc5c(cnn5C(F)(F)F)c4)c3)sc2c(-c2ccc(Cl)cc2)c1C(OC(C)(C)C)C(=O)O. The van der Waals surface area contributed by atoms with Crippen LogP contribution in [-0.4, -0.2) is 36.4 Å². The van der Waals surface area contributed by atoms with Gasteiger partial charge in [0.15, 0.2) is 6.10 Å². The fourth-order valence-electron chi connectivity index (χ4n) is 5.28. The number of fused-ring (bicyclic) bond motifs is 2. The van der Waals surface area contributed by atoms with Crippen molar-refractivity contribution in [1.29, 1.82) is 0 Å². The van der Waals surface area contributed by atoms with Gasteiger partial charge in [0.2, 0.25) is 0 Å². The summed E-state index contributed by atoms with van der Waals surface area (Å²) in [5, 5.41) is 15.3. The number of aromatic nitrogens is 4. The molecule has 12 heteroatoms. The zero-order valence-corrected chi connectivity index (χ0v) is 26.1. The molecule has 0 fully saturated rings. The van der Waals surface area contributed by atoms with Crippen LogP contribution in [0.2, 0.25) is 5.02 Å². The number of rotatable bonds is 6. The van der Waals surface area contributed by atoms with Crippen molar-refractivity contribution in [2.75, 3.05) is 0 Å². The van der Waals surface area contributed by atoms with E-state index in [1.165, 1.54) is 23.6 Å². The smallest absolute Gasteiger partial charge is 0.479 e. The van der Waals surface area contributed by atoms with Crippen LogP contribution in [0.3, 0.4) is 0 Å². The molecule has 230 valence electrons. The second-order valence-corrected chi connectivity index (χ2v) is 13.0. The molecule has 0 saturated carbocycles. The maximum Gasteiger partial charge on any atom is 0.505 e. The normalized spacial score (nSPS) is 13.1. The number of halogens is 4. The number of aryl methyl sites for hydroxylation is 1. The quantitative estimate of drug-likeness (QED) is 0.193. The van der Waals surface area contributed by atoms with Gasteiger partial charge < -0.3 is 9.84 Å². The summed E-state index contributed by atoms with van der Waals surface area (Å²) in [6.07, 6.45) is -3.07. The predicted molar refractivity (Wildman–Crippen MR) is 169 cm³/mol. The van der Waals surface area contributed by atoms with Gasteiger partial charge in [0.05, 0.1) is 33.2 Å². The van der Waals surface area contributed by atoms with Crippen LogP contribution in [-0.2, 0) is 15.8 Å². The Labute approximate surface area is 264 Å². The topological polar surface area (TPSA) is 90.1 Å². The van der Waals surface area contributed by atoms with Gasteiger partial charge in [-0.05, 0) is 81.3 Å². The summed E-state index contributed by atoms with van der Waals surface area (Å²) in [6, 6.07) is 17.2. The number of aliphatic carboxylic acids is 1. The van der Waals surface area contributed by atoms with E-state index in [4.69, 9.17) is 21.3 Å². The van der Waals surface area contributed by atoms with Crippen LogP contribution in [0.4, 0.5) is 13.2 Å². The predicted octanol–water partition coefficient (Wildman–Crippen LogP) is 9.42. The highest BCUT2D eigenvalue weighted by Gasteiger charge is 2.34. The van der Waals surface area contributed by atoms with E-state index in [1.807, 2.05) is 52.0 Å². The number of hydrogen-bond donors (Lipinski definition) is 1. The van der Waals surface area contributed by atoms with Crippen molar-refractivity contribution in [3.8, 4) is 33.0 Å². The van der Waals surface area contributed by atoms with E-state index in [-0.39, 0.29) is 10.2 Å². The molecular formula is C33H26ClF3N4O3S. The Morgan fingerprint density at radius 3 is 2.38 bits per heavy atom. The first-order valence-corrected chi connectivity index (χ1v) is 15.0. The lowest BCUT2D eigenvalue weighted by Gasteiger charge is -2.28. The summed E-state index contributed by atoms with van der Waals surface area (Å²) >= 11 is 7.60. The van der Waals surface area contributed by atoms with Crippen LogP contribution in [0.25, 0.3) is 54.1 Å². The molecule has 3 heterocycles. The molecular weight excluding hydrogens is 625 g/mol. The lowest BCUT2D eigenvalue weighted by molar-refractivity contribution is -0.209. The van der Waals surface area contributed by atoms with Gasteiger partial charge in [0.25, 0.3) is 0 Å². The third kappa shape index (κ3) is 6.03. The summed E-state index contributed by atoms with van der Waals surface area (Å²) in [7, 11) is 0. The third-order valence-electron chi connectivity index (χ3n) is 7.13. The number of alkyl halides is 3. The largest absolute Gasteiger partial charge is 0.505 e. The van der Waals surface area contributed by atoms with Gasteiger partial charge in [0.1, 0.15) is 5.01 Å². The number of nitrogens with zero attached hydrogens (tertiary/aromatic N) is 4. The van der Waals surface area contributed by atoms with Crippen LogP contribution in [0.5, 0.6) is 0 Å². The molecule has 3 aromatic heterocycles. The molecule has 0 amide bonds. The molecule has 0 aliphatic rings. The van der Waals surface area contributed by atoms with E-state index in [0.29, 0.717) is 48.9 Å². The highest BCUT2D eigenvalue weighted by atomic mass is 35.5. The van der Waals surface area contributed by atoms with E-state index in [2.05, 4.69) is 10.1 Å². The van der Waals surface area contributed by atoms with Crippen molar-refractivity contribution < 1.29 is 27.8 Å². The highest BCUT2D eigenvalue weighted by Crippen LogP contribution is 2.44. The molecule has 0 aliphatic carbocycles. The Kier molecular flexibility index (Phi) is 7.67. The van der Waals surface area contributed by atoms with Crippen molar-refractivity contribution in [3.63, 3.8) is 0 Å². The van der Waals surface area contributed by atoms with Crippen molar-refractivity contribution in [3.05, 3.63) is 89.2 Å². The number of ether oxygens (including phenoxy) is 1. The number of carboxylic acid groups (broad SMARTS) is 1. The molecule has 0 bridgehead atoms. The Balaban J connectivity index is 1.50. The molecule has 0 radical (unpaired) electrons. The maximum atomic E-state index is 13.3. The summed E-state index contributed by atoms with van der Waals surface area (Å²) in [5.74, 6) is -1.11. The fourth-order valence-corrected chi connectivity index (χ4v) is 6.52. The van der Waals surface area contributed by atoms with Crippen molar-refractivity contribution >= 4 is 50.0 Å². The standard InChI is InChI=1S/C33H26ClF3N4O3S/c1-17-13-24-29(27(18-5-8-22(34)9-6-18)26(17)28(31(42)43)44-32(2,3)4)45-30(40-24)20-11-12-38-23(15-20)19-7-10-25-21(14-19)16-39-41(25)33(35,36)37/h5-16,28H,1-4H3,(H,42,43). The van der Waals surface area contributed by atoms with Crippen molar-refractivity contribution in [2.24, 2.45) is 0 Å². The minimum Gasteiger partial charge on any atom is -0.479 e. The van der Waals surface area contributed by atoms with Crippen LogP contribution in [0.1, 0.15) is 38.0 Å². The zero-order chi connectivity index (χ0) is 32.3. The highest BCUT2D eigenvalue weighted by molar-refractivity contribution is 7.22. The molecule has 6 aromatic rings. The molecule has 7 nitrogen and oxygen atoms in total. The van der Waals surface area contributed by atoms with Gasteiger partial charge in [-0.3, -0.25) is 4.98 Å². The lowest BCUT2D eigenvalue weighted by Crippen LogP contribution is -2.28. The molecule has 1 unspecified atom stereocenters. The van der Waals surface area contributed by atoms with Gasteiger partial charge in [-0.15, -0.1) is 24.5 Å². The van der Waals surface area contributed by atoms with Crippen LogP contribution in [0.15, 0.2) is 73.1 Å². The van der Waals surface area contributed by atoms with Gasteiger partial charge >= 0.3 is 12.3 Å². The number of benzene rings is 3. The number of pyridine rings is 1. The van der Waals surface area contributed by atoms with Gasteiger partial charge in [0, 0.05) is 38.9 Å². The second-order valence-electron chi connectivity index (χ2n) is 11.5. The third-order valence-corrected chi connectivity index (χ3v) is 8.52. The molecule has 1 N–H and O–H groups in total. The van der Waals surface area contributed by atoms with E-state index >= 15 is 0 Å². The lowest BCUT2D eigenvalue weighted by atomic mass is 9.91. The average molecular weight is 651 g/mol. The van der Waals surface area contributed by atoms with E-state index in [1.54, 1.807) is 36.5 Å². The minimum absolute atomic E-state index is 0.0348. The summed E-state index contributed by atoms with van der Waals surface area (Å²) in [6.45, 7) is 7.27. The Bertz CT molecular complexity index is 2080. The Hall–Kier alpha value is -4.32. The Morgan fingerprint density at radius 2 is 1.71 bits per heavy atom. The maximum absolute atomic E-state index is 13.3. The Morgan fingerprint density at radius 1 is 1.00 bits per heavy atom. The zero-order valence-electron chi connectivity index (χ0n) is 24.5. The van der Waals surface area contributed by atoms with Crippen LogP contribution < -0.4 is 0 Å². The molecule has 45 heavy (non-hydrogen) atoms. The number of carboxylic acids is 1. The monoisotopic (exact) mass is 650 g/mol. The van der Waals surface area contributed by atoms with E-state index in [9.17, 15) is 23.1 Å². The molecule has 0 saturated heterocycles. The number of thiazole rings is 1. The fraction of sp³-hybridized carbons (Fsp3) is 0.212. The number of hydrogen-bond acceptors (Lipinski definition) is 6.